The Balaban J connectivity index is 2.16. The third-order valence-electron chi connectivity index (χ3n) is 2.13. The van der Waals surface area contributed by atoms with Crippen LogP contribution >= 0.6 is 0 Å². The van der Waals surface area contributed by atoms with Crippen molar-refractivity contribution in [3.8, 4) is 0 Å². The number of hydrogen-bond acceptors (Lipinski definition) is 5. The van der Waals surface area contributed by atoms with Gasteiger partial charge in [0.1, 0.15) is 12.2 Å². The molecular formula is C12H13N5O. The van der Waals surface area contributed by atoms with Gasteiger partial charge in [-0.05, 0) is 25.1 Å². The molecular weight excluding hydrogens is 230 g/mol. The van der Waals surface area contributed by atoms with Crippen LogP contribution in [0.3, 0.4) is 0 Å². The predicted octanol–water partition coefficient (Wildman–Crippen LogP) is 1.88. The van der Waals surface area contributed by atoms with Crippen molar-refractivity contribution in [2.24, 2.45) is 0 Å². The van der Waals surface area contributed by atoms with Gasteiger partial charge in [-0.2, -0.15) is 4.98 Å². The summed E-state index contributed by atoms with van der Waals surface area (Å²) >= 11 is 0. The van der Waals surface area contributed by atoms with E-state index >= 15 is 0 Å². The topological polar surface area (TPSA) is 79.8 Å². The Labute approximate surface area is 105 Å². The lowest BCUT2D eigenvalue weighted by molar-refractivity contribution is -0.114. The van der Waals surface area contributed by atoms with Gasteiger partial charge in [0.15, 0.2) is 0 Å². The number of carbonyl (C=O) groups excluding carboxylic acids is 1. The first-order chi connectivity index (χ1) is 8.63. The molecule has 18 heavy (non-hydrogen) atoms. The first kappa shape index (κ1) is 12.0. The molecule has 0 atom stereocenters. The molecule has 92 valence electrons. The number of nitrogens with one attached hydrogen (secondary N) is 2. The molecule has 6 heteroatoms. The summed E-state index contributed by atoms with van der Waals surface area (Å²) in [4.78, 5) is 23.0. The van der Waals surface area contributed by atoms with Crippen LogP contribution in [0.5, 0.6) is 0 Å². The zero-order chi connectivity index (χ0) is 13.0. The Hall–Kier alpha value is -2.50. The number of carbonyl (C=O) groups is 1. The van der Waals surface area contributed by atoms with Crippen LogP contribution in [-0.2, 0) is 4.79 Å². The van der Waals surface area contributed by atoms with Crippen LogP contribution < -0.4 is 10.6 Å². The zero-order valence-electron chi connectivity index (χ0n) is 10.1. The summed E-state index contributed by atoms with van der Waals surface area (Å²) in [6, 6.07) is 7.32. The van der Waals surface area contributed by atoms with Crippen LogP contribution in [0.2, 0.25) is 0 Å². The van der Waals surface area contributed by atoms with Crippen LogP contribution in [0.1, 0.15) is 12.7 Å². The lowest BCUT2D eigenvalue weighted by atomic mass is 10.3. The SMILES string of the molecule is CC(=O)Nc1cccc(Nc2ncnc(C)n2)c1. The summed E-state index contributed by atoms with van der Waals surface area (Å²) in [6.07, 6.45) is 1.45. The van der Waals surface area contributed by atoms with Crippen LogP contribution in [0.4, 0.5) is 17.3 Å². The molecule has 6 nitrogen and oxygen atoms in total. The Kier molecular flexibility index (Phi) is 3.47. The lowest BCUT2D eigenvalue weighted by Gasteiger charge is -2.07. The summed E-state index contributed by atoms with van der Waals surface area (Å²) < 4.78 is 0. The quantitative estimate of drug-likeness (QED) is 0.860. The number of aryl methyl sites for hydroxylation is 1. The van der Waals surface area contributed by atoms with Crippen LogP contribution in [0, 0.1) is 6.92 Å². The fourth-order valence-corrected chi connectivity index (χ4v) is 1.45. The highest BCUT2D eigenvalue weighted by molar-refractivity contribution is 5.89. The van der Waals surface area contributed by atoms with E-state index in [1.165, 1.54) is 13.3 Å². The fourth-order valence-electron chi connectivity index (χ4n) is 1.45. The smallest absolute Gasteiger partial charge is 0.230 e. The van der Waals surface area contributed by atoms with E-state index in [1.807, 2.05) is 18.2 Å². The van der Waals surface area contributed by atoms with E-state index in [2.05, 4.69) is 25.6 Å². The molecule has 0 saturated carbocycles. The van der Waals surface area contributed by atoms with Gasteiger partial charge >= 0.3 is 0 Å². The number of benzene rings is 1. The van der Waals surface area contributed by atoms with E-state index in [-0.39, 0.29) is 5.91 Å². The van der Waals surface area contributed by atoms with Gasteiger partial charge in [0.2, 0.25) is 11.9 Å². The van der Waals surface area contributed by atoms with Crippen molar-refractivity contribution in [2.75, 3.05) is 10.6 Å². The molecule has 0 unspecified atom stereocenters. The Morgan fingerprint density at radius 1 is 1.22 bits per heavy atom. The highest BCUT2D eigenvalue weighted by Gasteiger charge is 2.00. The van der Waals surface area contributed by atoms with Crippen LogP contribution in [0.25, 0.3) is 0 Å². The monoisotopic (exact) mass is 243 g/mol. The average Bonchev–Trinajstić information content (AvgIpc) is 2.28. The van der Waals surface area contributed by atoms with Crippen LogP contribution in [0.15, 0.2) is 30.6 Å². The van der Waals surface area contributed by atoms with Crippen molar-refractivity contribution < 1.29 is 4.79 Å². The van der Waals surface area contributed by atoms with Gasteiger partial charge < -0.3 is 10.6 Å². The Morgan fingerprint density at radius 3 is 2.72 bits per heavy atom. The second-order valence-corrected chi connectivity index (χ2v) is 3.74. The van der Waals surface area contributed by atoms with Crippen molar-refractivity contribution in [1.29, 1.82) is 0 Å². The van der Waals surface area contributed by atoms with Crippen LogP contribution in [-0.4, -0.2) is 20.9 Å². The normalized spacial score (nSPS) is 9.89. The molecule has 0 saturated heterocycles. The average molecular weight is 243 g/mol. The molecule has 0 bridgehead atoms. The molecule has 0 aliphatic carbocycles. The lowest BCUT2D eigenvalue weighted by Crippen LogP contribution is -2.06. The molecule has 2 rings (SSSR count). The number of hydrogen-bond donors (Lipinski definition) is 2. The number of rotatable bonds is 3. The standard InChI is InChI=1S/C12H13N5O/c1-8-13-7-14-12(15-8)17-11-5-3-4-10(6-11)16-9(2)18/h3-7H,1-2H3,(H,16,18)(H,13,14,15,17). The van der Waals surface area contributed by atoms with E-state index in [4.69, 9.17) is 0 Å². The third kappa shape index (κ3) is 3.24. The number of anilines is 3. The molecule has 0 aliphatic heterocycles. The first-order valence-corrected chi connectivity index (χ1v) is 5.44. The van der Waals surface area contributed by atoms with E-state index in [1.54, 1.807) is 13.0 Å². The molecule has 1 aromatic carbocycles. The minimum atomic E-state index is -0.108. The van der Waals surface area contributed by atoms with E-state index in [0.717, 1.165) is 11.4 Å². The molecule has 0 radical (unpaired) electrons. The molecule has 2 N–H and O–H groups in total. The van der Waals surface area contributed by atoms with Gasteiger partial charge in [0.25, 0.3) is 0 Å². The second kappa shape index (κ2) is 5.22. The molecule has 1 heterocycles. The number of nitrogens with zero attached hydrogens (tertiary/aromatic N) is 3. The summed E-state index contributed by atoms with van der Waals surface area (Å²) in [5, 5.41) is 5.76. The van der Waals surface area contributed by atoms with E-state index in [9.17, 15) is 4.79 Å². The Bertz CT molecular complexity index is 570. The highest BCUT2D eigenvalue weighted by Crippen LogP contribution is 2.17. The third-order valence-corrected chi connectivity index (χ3v) is 2.13. The first-order valence-electron chi connectivity index (χ1n) is 5.44. The van der Waals surface area contributed by atoms with Gasteiger partial charge in [-0.1, -0.05) is 6.07 Å². The maximum Gasteiger partial charge on any atom is 0.230 e. The van der Waals surface area contributed by atoms with Crippen molar-refractivity contribution in [1.82, 2.24) is 15.0 Å². The number of aromatic nitrogens is 3. The van der Waals surface area contributed by atoms with Gasteiger partial charge in [0, 0.05) is 18.3 Å². The van der Waals surface area contributed by atoms with Gasteiger partial charge in [-0.25, -0.2) is 9.97 Å². The molecule has 0 aliphatic rings. The fraction of sp³-hybridized carbons (Fsp3) is 0.167. The van der Waals surface area contributed by atoms with Crippen molar-refractivity contribution in [2.45, 2.75) is 13.8 Å². The summed E-state index contributed by atoms with van der Waals surface area (Å²) in [7, 11) is 0. The molecule has 1 aromatic heterocycles. The Morgan fingerprint density at radius 2 is 2.00 bits per heavy atom. The summed E-state index contributed by atoms with van der Waals surface area (Å²) in [5.41, 5.74) is 1.52. The molecule has 1 amide bonds. The van der Waals surface area contributed by atoms with Crippen molar-refractivity contribution in [3.05, 3.63) is 36.4 Å². The minimum Gasteiger partial charge on any atom is -0.326 e. The largest absolute Gasteiger partial charge is 0.326 e. The summed E-state index contributed by atoms with van der Waals surface area (Å²) in [6.45, 7) is 3.26. The highest BCUT2D eigenvalue weighted by atomic mass is 16.1. The second-order valence-electron chi connectivity index (χ2n) is 3.74. The maximum atomic E-state index is 11.0. The molecule has 0 fully saturated rings. The zero-order valence-corrected chi connectivity index (χ0v) is 10.1. The van der Waals surface area contributed by atoms with Gasteiger partial charge in [0.05, 0.1) is 0 Å². The minimum absolute atomic E-state index is 0.108. The van der Waals surface area contributed by atoms with Crippen molar-refractivity contribution in [3.63, 3.8) is 0 Å². The van der Waals surface area contributed by atoms with Gasteiger partial charge in [-0.3, -0.25) is 4.79 Å². The van der Waals surface area contributed by atoms with E-state index in [0.29, 0.717) is 11.8 Å². The van der Waals surface area contributed by atoms with Crippen molar-refractivity contribution >= 4 is 23.2 Å². The molecule has 0 spiro atoms. The maximum absolute atomic E-state index is 11.0. The summed E-state index contributed by atoms with van der Waals surface area (Å²) in [5.74, 6) is 1.01. The number of amides is 1. The molecule has 2 aromatic rings. The predicted molar refractivity (Wildman–Crippen MR) is 68.6 cm³/mol. The van der Waals surface area contributed by atoms with Gasteiger partial charge in [-0.15, -0.1) is 0 Å². The van der Waals surface area contributed by atoms with E-state index < -0.39 is 0 Å².